The number of anilines is 1. The number of rotatable bonds is 4. The van der Waals surface area contributed by atoms with Crippen molar-refractivity contribution in [2.75, 3.05) is 31.1 Å². The van der Waals surface area contributed by atoms with Gasteiger partial charge in [-0.15, -0.1) is 0 Å². The SMILES string of the molecule is O=C(c1nc(-c2ccc(Cl)cc2Cl)c(-c2ccc(Cl)cc2)o1)N1CCN(c2cccc(F)c2)CC1. The summed E-state index contributed by atoms with van der Waals surface area (Å²) in [6.07, 6.45) is 0. The van der Waals surface area contributed by atoms with Crippen LogP contribution in [-0.2, 0) is 0 Å². The maximum atomic E-state index is 13.6. The van der Waals surface area contributed by atoms with Crippen molar-refractivity contribution >= 4 is 46.4 Å². The smallest absolute Gasteiger partial charge is 0.309 e. The standard InChI is InChI=1S/C26H19Cl3FN3O2/c27-17-6-4-16(5-7-17)24-23(21-9-8-18(28)14-22(21)29)31-25(35-24)26(34)33-12-10-32(11-13-33)20-3-1-2-19(30)15-20/h1-9,14-15H,10-13H2. The molecule has 0 bridgehead atoms. The van der Waals surface area contributed by atoms with Gasteiger partial charge in [0.1, 0.15) is 11.5 Å². The van der Waals surface area contributed by atoms with E-state index in [1.165, 1.54) is 12.1 Å². The molecule has 2 heterocycles. The van der Waals surface area contributed by atoms with E-state index >= 15 is 0 Å². The molecule has 0 spiro atoms. The molecule has 0 unspecified atom stereocenters. The number of halogens is 4. The second kappa shape index (κ2) is 9.90. The Hall–Kier alpha value is -3.06. The summed E-state index contributed by atoms with van der Waals surface area (Å²) < 4.78 is 19.6. The molecule has 0 saturated carbocycles. The Morgan fingerprint density at radius 2 is 1.60 bits per heavy atom. The lowest BCUT2D eigenvalue weighted by Crippen LogP contribution is -2.48. The van der Waals surface area contributed by atoms with Crippen molar-refractivity contribution in [2.24, 2.45) is 0 Å². The van der Waals surface area contributed by atoms with Gasteiger partial charge < -0.3 is 14.2 Å². The van der Waals surface area contributed by atoms with E-state index in [1.54, 1.807) is 53.4 Å². The summed E-state index contributed by atoms with van der Waals surface area (Å²) in [6, 6.07) is 18.6. The molecule has 0 atom stereocenters. The van der Waals surface area contributed by atoms with E-state index in [1.807, 2.05) is 11.0 Å². The molecule has 1 aliphatic rings. The maximum absolute atomic E-state index is 13.6. The fraction of sp³-hybridized carbons (Fsp3) is 0.154. The van der Waals surface area contributed by atoms with E-state index in [-0.39, 0.29) is 17.6 Å². The number of carbonyl (C=O) groups is 1. The zero-order valence-electron chi connectivity index (χ0n) is 18.3. The number of hydrogen-bond acceptors (Lipinski definition) is 4. The van der Waals surface area contributed by atoms with Gasteiger partial charge in [0.05, 0.1) is 5.02 Å². The summed E-state index contributed by atoms with van der Waals surface area (Å²) in [4.78, 5) is 21.6. The molecular weight excluding hydrogens is 512 g/mol. The van der Waals surface area contributed by atoms with Crippen LogP contribution >= 0.6 is 34.8 Å². The highest BCUT2D eigenvalue weighted by Gasteiger charge is 2.29. The molecular formula is C26H19Cl3FN3O2. The number of oxazole rings is 1. The second-order valence-electron chi connectivity index (χ2n) is 8.09. The third-order valence-corrected chi connectivity index (χ3v) is 6.64. The largest absolute Gasteiger partial charge is 0.432 e. The molecule has 1 saturated heterocycles. The van der Waals surface area contributed by atoms with Gasteiger partial charge in [-0.3, -0.25) is 4.79 Å². The number of hydrogen-bond donors (Lipinski definition) is 0. The van der Waals surface area contributed by atoms with Gasteiger partial charge in [-0.2, -0.15) is 0 Å². The Morgan fingerprint density at radius 3 is 2.29 bits per heavy atom. The van der Waals surface area contributed by atoms with Gasteiger partial charge in [-0.05, 0) is 60.7 Å². The molecule has 0 aliphatic carbocycles. The van der Waals surface area contributed by atoms with E-state index in [0.717, 1.165) is 5.69 Å². The molecule has 0 radical (unpaired) electrons. The Labute approximate surface area is 216 Å². The summed E-state index contributed by atoms with van der Waals surface area (Å²) in [5, 5.41) is 1.46. The van der Waals surface area contributed by atoms with Crippen LogP contribution in [0.1, 0.15) is 10.7 Å². The lowest BCUT2D eigenvalue weighted by Gasteiger charge is -2.35. The second-order valence-corrected chi connectivity index (χ2v) is 9.37. The summed E-state index contributed by atoms with van der Waals surface area (Å²) in [7, 11) is 0. The maximum Gasteiger partial charge on any atom is 0.309 e. The number of benzene rings is 3. The van der Waals surface area contributed by atoms with Crippen LogP contribution in [0.25, 0.3) is 22.6 Å². The topological polar surface area (TPSA) is 49.6 Å². The normalized spacial score (nSPS) is 13.8. The van der Waals surface area contributed by atoms with Gasteiger partial charge in [-0.25, -0.2) is 9.37 Å². The number of carbonyl (C=O) groups excluding carboxylic acids is 1. The first-order chi connectivity index (χ1) is 16.9. The van der Waals surface area contributed by atoms with Crippen LogP contribution in [0.5, 0.6) is 0 Å². The highest BCUT2D eigenvalue weighted by molar-refractivity contribution is 6.36. The third-order valence-electron chi connectivity index (χ3n) is 5.84. The van der Waals surface area contributed by atoms with E-state index in [0.29, 0.717) is 63.8 Å². The first-order valence-electron chi connectivity index (χ1n) is 10.9. The number of piperazine rings is 1. The average Bonchev–Trinajstić information content (AvgIpc) is 3.29. The molecule has 5 nitrogen and oxygen atoms in total. The minimum atomic E-state index is -0.324. The zero-order valence-corrected chi connectivity index (χ0v) is 20.6. The molecule has 178 valence electrons. The molecule has 3 aromatic carbocycles. The molecule has 1 aliphatic heterocycles. The Morgan fingerprint density at radius 1 is 0.886 bits per heavy atom. The van der Waals surface area contributed by atoms with Gasteiger partial charge in [0.2, 0.25) is 0 Å². The Bertz CT molecular complexity index is 1380. The van der Waals surface area contributed by atoms with Crippen LogP contribution < -0.4 is 4.90 Å². The van der Waals surface area contributed by atoms with Gasteiger partial charge in [0, 0.05) is 53.0 Å². The van der Waals surface area contributed by atoms with Crippen molar-refractivity contribution < 1.29 is 13.6 Å². The Balaban J connectivity index is 1.44. The van der Waals surface area contributed by atoms with E-state index in [4.69, 9.17) is 39.2 Å². The molecule has 35 heavy (non-hydrogen) atoms. The molecule has 1 aromatic heterocycles. The summed E-state index contributed by atoms with van der Waals surface area (Å²) >= 11 is 18.6. The third kappa shape index (κ3) is 5.01. The average molecular weight is 531 g/mol. The lowest BCUT2D eigenvalue weighted by atomic mass is 10.1. The van der Waals surface area contributed by atoms with Crippen molar-refractivity contribution in [3.8, 4) is 22.6 Å². The van der Waals surface area contributed by atoms with Crippen molar-refractivity contribution in [3.63, 3.8) is 0 Å². The van der Waals surface area contributed by atoms with Crippen molar-refractivity contribution in [2.45, 2.75) is 0 Å². The van der Waals surface area contributed by atoms with Crippen LogP contribution in [-0.4, -0.2) is 42.0 Å². The zero-order chi connectivity index (χ0) is 24.5. The Kier molecular flexibility index (Phi) is 6.69. The molecule has 9 heteroatoms. The predicted octanol–water partition coefficient (Wildman–Crippen LogP) is 7.07. The first-order valence-corrected chi connectivity index (χ1v) is 12.0. The molecule has 5 rings (SSSR count). The fourth-order valence-electron chi connectivity index (χ4n) is 4.05. The number of nitrogens with zero attached hydrogens (tertiary/aromatic N) is 3. The fourth-order valence-corrected chi connectivity index (χ4v) is 4.67. The summed E-state index contributed by atoms with van der Waals surface area (Å²) in [6.45, 7) is 2.03. The van der Waals surface area contributed by atoms with Crippen molar-refractivity contribution in [3.05, 3.63) is 93.5 Å². The summed E-state index contributed by atoms with van der Waals surface area (Å²) in [5.41, 5.74) is 2.53. The van der Waals surface area contributed by atoms with Crippen LogP contribution in [0.15, 0.2) is 71.1 Å². The highest BCUT2D eigenvalue weighted by Crippen LogP contribution is 2.38. The van der Waals surface area contributed by atoms with Gasteiger partial charge in [0.15, 0.2) is 5.76 Å². The lowest BCUT2D eigenvalue weighted by molar-refractivity contribution is 0.0707. The highest BCUT2D eigenvalue weighted by atomic mass is 35.5. The van der Waals surface area contributed by atoms with E-state index < -0.39 is 0 Å². The van der Waals surface area contributed by atoms with Gasteiger partial charge in [-0.1, -0.05) is 40.9 Å². The van der Waals surface area contributed by atoms with Gasteiger partial charge >= 0.3 is 5.91 Å². The first kappa shape index (κ1) is 23.7. The summed E-state index contributed by atoms with van der Waals surface area (Å²) in [5.74, 6) is -0.234. The molecule has 1 amide bonds. The minimum absolute atomic E-state index is 0.0322. The van der Waals surface area contributed by atoms with Crippen LogP contribution in [0.4, 0.5) is 10.1 Å². The quantitative estimate of drug-likeness (QED) is 0.283. The number of aromatic nitrogens is 1. The van der Waals surface area contributed by atoms with Crippen LogP contribution in [0, 0.1) is 5.82 Å². The van der Waals surface area contributed by atoms with Crippen LogP contribution in [0.3, 0.4) is 0 Å². The number of amides is 1. The van der Waals surface area contributed by atoms with E-state index in [2.05, 4.69) is 4.98 Å². The molecule has 4 aromatic rings. The van der Waals surface area contributed by atoms with Gasteiger partial charge in [0.25, 0.3) is 5.89 Å². The molecule has 1 fully saturated rings. The van der Waals surface area contributed by atoms with Crippen molar-refractivity contribution in [1.29, 1.82) is 0 Å². The van der Waals surface area contributed by atoms with Crippen LogP contribution in [0.2, 0.25) is 15.1 Å². The van der Waals surface area contributed by atoms with E-state index in [9.17, 15) is 9.18 Å². The van der Waals surface area contributed by atoms with Crippen molar-refractivity contribution in [1.82, 2.24) is 9.88 Å². The monoisotopic (exact) mass is 529 g/mol. The minimum Gasteiger partial charge on any atom is -0.432 e. The molecule has 0 N–H and O–H groups in total. The predicted molar refractivity (Wildman–Crippen MR) is 137 cm³/mol.